The number of hydrogen-bond donors (Lipinski definition) is 2. The van der Waals surface area contributed by atoms with Gasteiger partial charge in [0.25, 0.3) is 11.6 Å². The first-order chi connectivity index (χ1) is 15.9. The van der Waals surface area contributed by atoms with Crippen LogP contribution in [0, 0.1) is 10.1 Å². The van der Waals surface area contributed by atoms with Gasteiger partial charge < -0.3 is 15.5 Å². The monoisotopic (exact) mass is 451 g/mol. The van der Waals surface area contributed by atoms with Crippen LogP contribution >= 0.6 is 0 Å². The molecule has 1 aliphatic carbocycles. The molecule has 1 aliphatic heterocycles. The van der Waals surface area contributed by atoms with Gasteiger partial charge in [-0.2, -0.15) is 0 Å². The SMILES string of the molecule is CCc1ccccc1NC(=O)CN1CCN(c2ccc(C(=O)NC3CC3)cc2[N+](=O)[O-])CC1. The van der Waals surface area contributed by atoms with E-state index in [1.165, 1.54) is 6.07 Å². The maximum Gasteiger partial charge on any atom is 0.293 e. The number of rotatable bonds is 8. The highest BCUT2D eigenvalue weighted by Crippen LogP contribution is 2.30. The van der Waals surface area contributed by atoms with Gasteiger partial charge in [-0.15, -0.1) is 0 Å². The standard InChI is InChI=1S/C24H29N5O4/c1-2-17-5-3-4-6-20(17)26-23(30)16-27-11-13-28(14-12-27)21-10-7-18(15-22(21)29(32)33)24(31)25-19-8-9-19/h3-7,10,15,19H,2,8-9,11-14,16H2,1H3,(H,25,31)(H,26,30). The lowest BCUT2D eigenvalue weighted by Gasteiger charge is -2.35. The topological polar surface area (TPSA) is 108 Å². The molecule has 2 aromatic carbocycles. The Labute approximate surface area is 192 Å². The Morgan fingerprint density at radius 1 is 1.09 bits per heavy atom. The van der Waals surface area contributed by atoms with Crippen molar-refractivity contribution in [1.29, 1.82) is 0 Å². The second kappa shape index (κ2) is 9.99. The Hall–Kier alpha value is -3.46. The smallest absolute Gasteiger partial charge is 0.293 e. The largest absolute Gasteiger partial charge is 0.363 e. The van der Waals surface area contributed by atoms with Crippen LogP contribution in [0.4, 0.5) is 17.1 Å². The fourth-order valence-corrected chi connectivity index (χ4v) is 4.06. The highest BCUT2D eigenvalue weighted by atomic mass is 16.6. The molecule has 1 heterocycles. The van der Waals surface area contributed by atoms with Gasteiger partial charge in [-0.3, -0.25) is 24.6 Å². The summed E-state index contributed by atoms with van der Waals surface area (Å²) < 4.78 is 0. The van der Waals surface area contributed by atoms with Crippen LogP contribution in [0.15, 0.2) is 42.5 Å². The minimum Gasteiger partial charge on any atom is -0.363 e. The van der Waals surface area contributed by atoms with Gasteiger partial charge >= 0.3 is 0 Å². The number of hydrogen-bond acceptors (Lipinski definition) is 6. The summed E-state index contributed by atoms with van der Waals surface area (Å²) in [6, 6.07) is 12.6. The Kier molecular flexibility index (Phi) is 6.88. The number of piperazine rings is 1. The molecule has 2 N–H and O–H groups in total. The zero-order valence-electron chi connectivity index (χ0n) is 18.8. The molecule has 2 aromatic rings. The summed E-state index contributed by atoms with van der Waals surface area (Å²) >= 11 is 0. The third-order valence-electron chi connectivity index (χ3n) is 6.10. The van der Waals surface area contributed by atoms with Crippen molar-refractivity contribution in [2.45, 2.75) is 32.2 Å². The van der Waals surface area contributed by atoms with Gasteiger partial charge in [-0.05, 0) is 43.0 Å². The molecule has 0 bridgehead atoms. The van der Waals surface area contributed by atoms with E-state index in [1.54, 1.807) is 12.1 Å². The van der Waals surface area contributed by atoms with Gasteiger partial charge in [0.1, 0.15) is 5.69 Å². The van der Waals surface area contributed by atoms with Crippen LogP contribution in [0.1, 0.15) is 35.7 Å². The number of carbonyl (C=O) groups excluding carboxylic acids is 2. The van der Waals surface area contributed by atoms with E-state index >= 15 is 0 Å². The Bertz CT molecular complexity index is 1040. The van der Waals surface area contributed by atoms with Crippen molar-refractivity contribution in [3.05, 3.63) is 63.7 Å². The van der Waals surface area contributed by atoms with Gasteiger partial charge in [0.2, 0.25) is 5.91 Å². The number of benzene rings is 2. The number of anilines is 2. The first-order valence-corrected chi connectivity index (χ1v) is 11.4. The van der Waals surface area contributed by atoms with Crippen LogP contribution < -0.4 is 15.5 Å². The van der Waals surface area contributed by atoms with Crippen LogP contribution in [0.3, 0.4) is 0 Å². The van der Waals surface area contributed by atoms with Crippen molar-refractivity contribution in [1.82, 2.24) is 10.2 Å². The number of nitro benzene ring substituents is 1. The summed E-state index contributed by atoms with van der Waals surface area (Å²) in [5.74, 6) is -0.339. The lowest BCUT2D eigenvalue weighted by atomic mass is 10.1. The fraction of sp³-hybridized carbons (Fsp3) is 0.417. The zero-order valence-corrected chi connectivity index (χ0v) is 18.8. The Morgan fingerprint density at radius 2 is 1.82 bits per heavy atom. The number of nitro groups is 1. The van der Waals surface area contributed by atoms with Crippen LogP contribution in [0.2, 0.25) is 0 Å². The van der Waals surface area contributed by atoms with Crippen molar-refractivity contribution < 1.29 is 14.5 Å². The molecular weight excluding hydrogens is 422 g/mol. The van der Waals surface area contributed by atoms with Crippen LogP contribution in [0.25, 0.3) is 0 Å². The summed E-state index contributed by atoms with van der Waals surface area (Å²) in [5.41, 5.74) is 2.67. The predicted octanol–water partition coefficient (Wildman–Crippen LogP) is 2.81. The molecule has 0 aromatic heterocycles. The quantitative estimate of drug-likeness (QED) is 0.472. The van der Waals surface area contributed by atoms with Gasteiger partial charge in [-0.1, -0.05) is 25.1 Å². The average molecular weight is 452 g/mol. The summed E-state index contributed by atoms with van der Waals surface area (Å²) in [4.78, 5) is 40.1. The lowest BCUT2D eigenvalue weighted by molar-refractivity contribution is -0.384. The maximum absolute atomic E-state index is 12.5. The molecule has 33 heavy (non-hydrogen) atoms. The molecule has 174 valence electrons. The van der Waals surface area contributed by atoms with E-state index in [0.717, 1.165) is 30.5 Å². The molecule has 0 unspecified atom stereocenters. The number of aryl methyl sites for hydroxylation is 1. The van der Waals surface area contributed by atoms with E-state index in [2.05, 4.69) is 17.6 Å². The Morgan fingerprint density at radius 3 is 2.48 bits per heavy atom. The van der Waals surface area contributed by atoms with E-state index in [9.17, 15) is 19.7 Å². The normalized spacial score (nSPS) is 16.3. The minimum absolute atomic E-state index is 0.0682. The number of nitrogens with one attached hydrogen (secondary N) is 2. The molecule has 2 aliphatic rings. The molecule has 0 radical (unpaired) electrons. The number of nitrogens with zero attached hydrogens (tertiary/aromatic N) is 3. The molecule has 0 atom stereocenters. The third kappa shape index (κ3) is 5.67. The minimum atomic E-state index is -0.436. The van der Waals surface area contributed by atoms with Crippen molar-refractivity contribution >= 4 is 28.9 Å². The third-order valence-corrected chi connectivity index (χ3v) is 6.10. The molecule has 1 saturated heterocycles. The molecule has 2 amide bonds. The first kappa shape index (κ1) is 22.7. The van der Waals surface area contributed by atoms with E-state index in [-0.39, 0.29) is 30.1 Å². The molecule has 2 fully saturated rings. The van der Waals surface area contributed by atoms with Gasteiger partial charge in [0.15, 0.2) is 0 Å². The van der Waals surface area contributed by atoms with E-state index in [0.29, 0.717) is 37.4 Å². The molecular formula is C24H29N5O4. The molecule has 4 rings (SSSR count). The summed E-state index contributed by atoms with van der Waals surface area (Å²) in [6.07, 6.45) is 2.76. The first-order valence-electron chi connectivity index (χ1n) is 11.4. The predicted molar refractivity (Wildman–Crippen MR) is 127 cm³/mol. The van der Waals surface area contributed by atoms with Gasteiger partial charge in [0, 0.05) is 49.5 Å². The van der Waals surface area contributed by atoms with E-state index in [4.69, 9.17) is 0 Å². The van der Waals surface area contributed by atoms with Crippen molar-refractivity contribution in [3.8, 4) is 0 Å². The van der Waals surface area contributed by atoms with Crippen LogP contribution in [-0.4, -0.2) is 60.4 Å². The zero-order chi connectivity index (χ0) is 23.4. The summed E-state index contributed by atoms with van der Waals surface area (Å²) in [7, 11) is 0. The van der Waals surface area contributed by atoms with Crippen LogP contribution in [0.5, 0.6) is 0 Å². The molecule has 9 heteroatoms. The van der Waals surface area contributed by atoms with Crippen molar-refractivity contribution in [2.24, 2.45) is 0 Å². The van der Waals surface area contributed by atoms with E-state index in [1.807, 2.05) is 34.1 Å². The fourth-order valence-electron chi connectivity index (χ4n) is 4.06. The van der Waals surface area contributed by atoms with Gasteiger partial charge in [-0.25, -0.2) is 0 Å². The second-order valence-corrected chi connectivity index (χ2v) is 8.53. The second-order valence-electron chi connectivity index (χ2n) is 8.53. The lowest BCUT2D eigenvalue weighted by Crippen LogP contribution is -2.48. The number of para-hydroxylation sites is 1. The summed E-state index contributed by atoms with van der Waals surface area (Å²) in [6.45, 7) is 4.68. The maximum atomic E-state index is 12.5. The van der Waals surface area contributed by atoms with Crippen molar-refractivity contribution in [3.63, 3.8) is 0 Å². The highest BCUT2D eigenvalue weighted by molar-refractivity contribution is 5.96. The van der Waals surface area contributed by atoms with E-state index < -0.39 is 4.92 Å². The number of carbonyl (C=O) groups is 2. The average Bonchev–Trinajstić information content (AvgIpc) is 3.63. The highest BCUT2D eigenvalue weighted by Gasteiger charge is 2.28. The number of amides is 2. The summed E-state index contributed by atoms with van der Waals surface area (Å²) in [5, 5.41) is 17.5. The van der Waals surface area contributed by atoms with Crippen molar-refractivity contribution in [2.75, 3.05) is 42.9 Å². The Balaban J connectivity index is 1.35. The molecule has 9 nitrogen and oxygen atoms in total. The van der Waals surface area contributed by atoms with Gasteiger partial charge in [0.05, 0.1) is 11.5 Å². The molecule has 1 saturated carbocycles. The van der Waals surface area contributed by atoms with Crippen LogP contribution in [-0.2, 0) is 11.2 Å². The molecule has 0 spiro atoms.